The maximum absolute atomic E-state index is 13.2. The van der Waals surface area contributed by atoms with Crippen molar-refractivity contribution >= 4 is 16.6 Å². The minimum Gasteiger partial charge on any atom is -0.385 e. The van der Waals surface area contributed by atoms with Crippen LogP contribution in [0.4, 0.5) is 4.39 Å². The molecule has 1 saturated heterocycles. The van der Waals surface area contributed by atoms with Crippen LogP contribution in [-0.2, 0) is 4.74 Å². The lowest BCUT2D eigenvalue weighted by Gasteiger charge is -2.26. The van der Waals surface area contributed by atoms with Gasteiger partial charge in [0.15, 0.2) is 0 Å². The first-order valence-corrected chi connectivity index (χ1v) is 9.68. The molecule has 0 unspecified atom stereocenters. The van der Waals surface area contributed by atoms with E-state index in [2.05, 4.69) is 28.0 Å². The molecule has 0 spiro atoms. The Morgan fingerprint density at radius 2 is 1.93 bits per heavy atom. The second-order valence-electron chi connectivity index (χ2n) is 6.98. The summed E-state index contributed by atoms with van der Waals surface area (Å²) in [6, 6.07) is 12.4. The van der Waals surface area contributed by atoms with Crippen molar-refractivity contribution in [3.63, 3.8) is 0 Å². The van der Waals surface area contributed by atoms with E-state index in [9.17, 15) is 4.39 Å². The molecule has 0 saturated carbocycles. The summed E-state index contributed by atoms with van der Waals surface area (Å²) >= 11 is 0. The second kappa shape index (κ2) is 8.54. The molecule has 1 aromatic heterocycles. The minimum atomic E-state index is -0.254. The topological polar surface area (TPSA) is 42.3 Å². The zero-order valence-corrected chi connectivity index (χ0v) is 15.9. The summed E-state index contributed by atoms with van der Waals surface area (Å²) in [4.78, 5) is 2.43. The highest BCUT2D eigenvalue weighted by Crippen LogP contribution is 2.25. The van der Waals surface area contributed by atoms with Gasteiger partial charge in [-0.1, -0.05) is 18.7 Å². The SMILES string of the molecule is C=C(NCCCN1CCOCC1)c1cccc2c1cnn2-c1ccc(F)cc1. The third-order valence-electron chi connectivity index (χ3n) is 5.10. The van der Waals surface area contributed by atoms with Crippen LogP contribution in [0.5, 0.6) is 0 Å². The van der Waals surface area contributed by atoms with Crippen LogP contribution in [0.2, 0.25) is 0 Å². The lowest BCUT2D eigenvalue weighted by Crippen LogP contribution is -2.37. The van der Waals surface area contributed by atoms with Gasteiger partial charge >= 0.3 is 0 Å². The molecule has 2 heterocycles. The van der Waals surface area contributed by atoms with Gasteiger partial charge in [0.2, 0.25) is 0 Å². The zero-order chi connectivity index (χ0) is 19.3. The Kier molecular flexibility index (Phi) is 5.69. The van der Waals surface area contributed by atoms with Gasteiger partial charge in [0.1, 0.15) is 5.82 Å². The van der Waals surface area contributed by atoms with E-state index in [1.165, 1.54) is 12.1 Å². The summed E-state index contributed by atoms with van der Waals surface area (Å²) in [6.07, 6.45) is 2.90. The lowest BCUT2D eigenvalue weighted by molar-refractivity contribution is 0.0376. The Morgan fingerprint density at radius 1 is 1.14 bits per heavy atom. The van der Waals surface area contributed by atoms with Crippen LogP contribution in [0.3, 0.4) is 0 Å². The number of nitrogens with one attached hydrogen (secondary N) is 1. The van der Waals surface area contributed by atoms with E-state index in [0.29, 0.717) is 0 Å². The molecule has 0 radical (unpaired) electrons. The van der Waals surface area contributed by atoms with Crippen molar-refractivity contribution in [2.45, 2.75) is 6.42 Å². The van der Waals surface area contributed by atoms with Crippen molar-refractivity contribution in [1.29, 1.82) is 0 Å². The molecule has 146 valence electrons. The van der Waals surface area contributed by atoms with Crippen molar-refractivity contribution in [3.05, 3.63) is 66.6 Å². The maximum atomic E-state index is 13.2. The van der Waals surface area contributed by atoms with Crippen molar-refractivity contribution in [1.82, 2.24) is 20.0 Å². The molecular formula is C22H25FN4O. The monoisotopic (exact) mass is 380 g/mol. The van der Waals surface area contributed by atoms with Crippen LogP contribution < -0.4 is 5.32 Å². The van der Waals surface area contributed by atoms with Gasteiger partial charge < -0.3 is 10.1 Å². The molecular weight excluding hydrogens is 355 g/mol. The fourth-order valence-electron chi connectivity index (χ4n) is 3.56. The normalized spacial score (nSPS) is 15.0. The van der Waals surface area contributed by atoms with Crippen LogP contribution in [0.25, 0.3) is 22.3 Å². The molecule has 5 nitrogen and oxygen atoms in total. The number of rotatable bonds is 7. The number of ether oxygens (including phenoxy) is 1. The number of aromatic nitrogens is 2. The fraction of sp³-hybridized carbons (Fsp3) is 0.318. The third kappa shape index (κ3) is 4.08. The number of fused-ring (bicyclic) bond motifs is 1. The molecule has 6 heteroatoms. The summed E-state index contributed by atoms with van der Waals surface area (Å²) in [7, 11) is 0. The van der Waals surface area contributed by atoms with Crippen LogP contribution in [0.15, 0.2) is 55.2 Å². The Morgan fingerprint density at radius 3 is 2.71 bits per heavy atom. The van der Waals surface area contributed by atoms with Crippen LogP contribution in [0, 0.1) is 5.82 Å². The number of hydrogen-bond donors (Lipinski definition) is 1. The van der Waals surface area contributed by atoms with Crippen molar-refractivity contribution in [2.75, 3.05) is 39.4 Å². The molecule has 1 aliphatic heterocycles. The van der Waals surface area contributed by atoms with E-state index >= 15 is 0 Å². The number of benzene rings is 2. The number of morpholine rings is 1. The molecule has 3 aromatic rings. The van der Waals surface area contributed by atoms with Gasteiger partial charge in [-0.2, -0.15) is 5.10 Å². The van der Waals surface area contributed by atoms with Crippen molar-refractivity contribution in [2.24, 2.45) is 0 Å². The molecule has 28 heavy (non-hydrogen) atoms. The van der Waals surface area contributed by atoms with E-state index in [1.54, 1.807) is 12.1 Å². The highest BCUT2D eigenvalue weighted by Gasteiger charge is 2.12. The first kappa shape index (κ1) is 18.7. The molecule has 0 bridgehead atoms. The van der Waals surface area contributed by atoms with Crippen LogP contribution in [-0.4, -0.2) is 54.1 Å². The molecule has 0 atom stereocenters. The van der Waals surface area contributed by atoms with Crippen molar-refractivity contribution in [3.8, 4) is 5.69 Å². The molecule has 1 fully saturated rings. The molecule has 2 aromatic carbocycles. The average molecular weight is 380 g/mol. The lowest BCUT2D eigenvalue weighted by atomic mass is 10.1. The van der Waals surface area contributed by atoms with Gasteiger partial charge in [-0.25, -0.2) is 9.07 Å². The summed E-state index contributed by atoms with van der Waals surface area (Å²) < 4.78 is 20.4. The Bertz CT molecular complexity index is 945. The molecule has 0 amide bonds. The second-order valence-corrected chi connectivity index (χ2v) is 6.98. The van der Waals surface area contributed by atoms with Crippen LogP contribution >= 0.6 is 0 Å². The van der Waals surface area contributed by atoms with E-state index in [1.807, 2.05) is 23.0 Å². The third-order valence-corrected chi connectivity index (χ3v) is 5.10. The average Bonchev–Trinajstić information content (AvgIpc) is 3.16. The van der Waals surface area contributed by atoms with Crippen molar-refractivity contribution < 1.29 is 9.13 Å². The standard InChI is InChI=1S/C22H25FN4O/c1-17(24-10-3-11-26-12-14-28-15-13-26)20-4-2-5-22-21(20)16-25-27(22)19-8-6-18(23)7-9-19/h2,4-9,16,24H,1,3,10-15H2. The van der Waals surface area contributed by atoms with Gasteiger partial charge in [-0.3, -0.25) is 4.90 Å². The first-order chi connectivity index (χ1) is 13.7. The van der Waals surface area contributed by atoms with E-state index in [4.69, 9.17) is 4.74 Å². The Labute approximate surface area is 164 Å². The van der Waals surface area contributed by atoms with E-state index < -0.39 is 0 Å². The zero-order valence-electron chi connectivity index (χ0n) is 15.9. The molecule has 1 aliphatic rings. The van der Waals surface area contributed by atoms with E-state index in [-0.39, 0.29) is 5.82 Å². The predicted molar refractivity (Wildman–Crippen MR) is 110 cm³/mol. The summed E-state index contributed by atoms with van der Waals surface area (Å²) in [5.74, 6) is -0.254. The van der Waals surface area contributed by atoms with Gasteiger partial charge in [0.25, 0.3) is 0 Å². The smallest absolute Gasteiger partial charge is 0.123 e. The minimum absolute atomic E-state index is 0.254. The first-order valence-electron chi connectivity index (χ1n) is 9.68. The number of halogens is 1. The summed E-state index contributed by atoms with van der Waals surface area (Å²) in [5.41, 5.74) is 3.74. The quantitative estimate of drug-likeness (QED) is 0.638. The summed E-state index contributed by atoms with van der Waals surface area (Å²) in [5, 5.41) is 8.98. The van der Waals surface area contributed by atoms with Crippen LogP contribution in [0.1, 0.15) is 12.0 Å². The molecule has 1 N–H and O–H groups in total. The molecule has 4 rings (SSSR count). The Hall–Kier alpha value is -2.70. The highest BCUT2D eigenvalue weighted by atomic mass is 19.1. The van der Waals surface area contributed by atoms with Gasteiger partial charge in [0.05, 0.1) is 30.6 Å². The van der Waals surface area contributed by atoms with Gasteiger partial charge in [-0.05, 0) is 43.3 Å². The predicted octanol–water partition coefficient (Wildman–Crippen LogP) is 3.45. The fourth-order valence-corrected chi connectivity index (χ4v) is 3.56. The largest absolute Gasteiger partial charge is 0.385 e. The Balaban J connectivity index is 1.43. The summed E-state index contributed by atoms with van der Waals surface area (Å²) in [6.45, 7) is 9.86. The maximum Gasteiger partial charge on any atom is 0.123 e. The van der Waals surface area contributed by atoms with E-state index in [0.717, 1.165) is 73.7 Å². The molecule has 0 aliphatic carbocycles. The van der Waals surface area contributed by atoms with Gasteiger partial charge in [-0.15, -0.1) is 0 Å². The number of nitrogens with zero attached hydrogens (tertiary/aromatic N) is 3. The highest BCUT2D eigenvalue weighted by molar-refractivity contribution is 5.91. The number of hydrogen-bond acceptors (Lipinski definition) is 4. The van der Waals surface area contributed by atoms with Gasteiger partial charge in [0, 0.05) is 36.3 Å².